The lowest BCUT2D eigenvalue weighted by Gasteiger charge is -2.35. The number of aromatic nitrogens is 2. The quantitative estimate of drug-likeness (QED) is 0.164. The Bertz CT molecular complexity index is 1960. The summed E-state index contributed by atoms with van der Waals surface area (Å²) in [6.07, 6.45) is 11.1. The second-order valence-electron chi connectivity index (χ2n) is 12.9. The van der Waals surface area contributed by atoms with Gasteiger partial charge in [-0.2, -0.15) is 9.97 Å². The van der Waals surface area contributed by atoms with Crippen LogP contribution < -0.4 is 20.7 Å². The van der Waals surface area contributed by atoms with Crippen LogP contribution in [0.5, 0.6) is 6.01 Å². The van der Waals surface area contributed by atoms with E-state index in [1.165, 1.54) is 12.1 Å². The van der Waals surface area contributed by atoms with Gasteiger partial charge in [-0.25, -0.2) is 13.2 Å². The maximum atomic E-state index is 17.2. The smallest absolute Gasteiger partial charge is 0.319 e. The Labute approximate surface area is 264 Å². The molecule has 3 saturated heterocycles. The summed E-state index contributed by atoms with van der Waals surface area (Å²) in [6, 6.07) is 7.82. The van der Waals surface area contributed by atoms with E-state index in [0.29, 0.717) is 53.7 Å². The number of piperazine rings is 1. The number of fused-ring (bicyclic) bond motifs is 5. The highest BCUT2D eigenvalue weighted by atomic mass is 19.1. The molecule has 4 aromatic rings. The lowest BCUT2D eigenvalue weighted by Crippen LogP contribution is -2.52. The first-order valence-corrected chi connectivity index (χ1v) is 15.6. The topological polar surface area (TPSA) is 99.8 Å². The van der Waals surface area contributed by atoms with Gasteiger partial charge in [0.15, 0.2) is 5.82 Å². The van der Waals surface area contributed by atoms with Crippen LogP contribution in [-0.2, 0) is 6.61 Å². The van der Waals surface area contributed by atoms with E-state index >= 15 is 4.39 Å². The van der Waals surface area contributed by atoms with Gasteiger partial charge < -0.3 is 25.8 Å². The predicted octanol–water partition coefficient (Wildman–Crippen LogP) is 4.46. The number of rotatable bonds is 6. The molecule has 8 nitrogen and oxygen atoms in total. The minimum Gasteiger partial charge on any atom is -0.461 e. The molecule has 3 fully saturated rings. The molecule has 2 bridgehead atoms. The van der Waals surface area contributed by atoms with Gasteiger partial charge >= 0.3 is 6.01 Å². The third-order valence-electron chi connectivity index (χ3n) is 10.0. The number of hydrogen-bond donors (Lipinski definition) is 3. The Morgan fingerprint density at radius 2 is 1.93 bits per heavy atom. The highest BCUT2D eigenvalue weighted by Crippen LogP contribution is 2.43. The summed E-state index contributed by atoms with van der Waals surface area (Å²) >= 11 is 0. The van der Waals surface area contributed by atoms with Crippen molar-refractivity contribution in [2.45, 2.75) is 49.7 Å². The van der Waals surface area contributed by atoms with Crippen molar-refractivity contribution in [3.05, 3.63) is 65.2 Å². The van der Waals surface area contributed by atoms with Crippen LogP contribution in [0.4, 0.5) is 24.7 Å². The highest BCUT2D eigenvalue weighted by Gasteiger charge is 2.49. The van der Waals surface area contributed by atoms with Gasteiger partial charge in [-0.1, -0.05) is 24.1 Å². The number of nitrogen functional groups attached to an aromatic ring is 1. The average Bonchev–Trinajstić information content (AvgIpc) is 3.69. The summed E-state index contributed by atoms with van der Waals surface area (Å²) in [5.74, 6) is 1.51. The van der Waals surface area contributed by atoms with Crippen LogP contribution in [-0.4, -0.2) is 76.6 Å². The van der Waals surface area contributed by atoms with Gasteiger partial charge in [0, 0.05) is 60.2 Å². The third kappa shape index (κ3) is 4.58. The first-order chi connectivity index (χ1) is 22.3. The molecule has 0 aliphatic carbocycles. The Hall–Kier alpha value is -4.37. The fourth-order valence-electron chi connectivity index (χ4n) is 8.02. The maximum Gasteiger partial charge on any atom is 0.319 e. The summed E-state index contributed by atoms with van der Waals surface area (Å²) in [6.45, 7) is 2.01. The van der Waals surface area contributed by atoms with Crippen molar-refractivity contribution in [3.63, 3.8) is 0 Å². The molecule has 11 heteroatoms. The lowest BCUT2D eigenvalue weighted by molar-refractivity contribution is 0.107. The Balaban J connectivity index is 1.32. The fraction of sp³-hybridized carbons (Fsp3) is 0.371. The van der Waals surface area contributed by atoms with Gasteiger partial charge in [0.1, 0.15) is 29.9 Å². The van der Waals surface area contributed by atoms with Crippen molar-refractivity contribution in [1.29, 1.82) is 0 Å². The first-order valence-electron chi connectivity index (χ1n) is 15.6. The van der Waals surface area contributed by atoms with E-state index in [9.17, 15) is 13.9 Å². The molecule has 0 saturated carbocycles. The zero-order chi connectivity index (χ0) is 31.7. The monoisotopic (exact) mass is 626 g/mol. The maximum absolute atomic E-state index is 17.2. The number of terminal acetylenes is 1. The number of aliphatic hydroxyl groups excluding tert-OH is 1. The van der Waals surface area contributed by atoms with E-state index in [2.05, 4.69) is 38.2 Å². The summed E-state index contributed by atoms with van der Waals surface area (Å²) in [5.41, 5.74) is 6.59. The van der Waals surface area contributed by atoms with E-state index < -0.39 is 30.0 Å². The van der Waals surface area contributed by atoms with E-state index in [4.69, 9.17) is 21.9 Å². The molecule has 0 spiro atoms. The molecule has 8 rings (SSSR count). The van der Waals surface area contributed by atoms with Crippen molar-refractivity contribution in [2.75, 3.05) is 43.4 Å². The molecule has 4 atom stereocenters. The standard InChI is InChI=1S/C35H33F3N6O2/c1-2-25-28(37)7-4-19-10-22(39)12-26(29(19)25)30-20(17-45)11-27-32(31(30)38)41-34(42-33(27)43-15-23-5-6-24(16-43)40-23)46-18-35-8-3-9-44(35)14-21(36)13-35/h1,4-7,10-12,21,23-24,40,45H,3,8-9,13-18,39H2/t21-,23?,24?,35+/m1/s1. The van der Waals surface area contributed by atoms with Crippen molar-refractivity contribution >= 4 is 33.2 Å². The van der Waals surface area contributed by atoms with Gasteiger partial charge in [0.2, 0.25) is 0 Å². The minimum atomic E-state index is -0.927. The second-order valence-corrected chi connectivity index (χ2v) is 12.9. The van der Waals surface area contributed by atoms with Crippen molar-refractivity contribution in [2.24, 2.45) is 0 Å². The van der Waals surface area contributed by atoms with Gasteiger partial charge in [-0.3, -0.25) is 4.90 Å². The molecular weight excluding hydrogens is 593 g/mol. The molecule has 0 amide bonds. The summed E-state index contributed by atoms with van der Waals surface area (Å²) in [5, 5.41) is 15.4. The number of ether oxygens (including phenoxy) is 1. The van der Waals surface area contributed by atoms with E-state index in [-0.39, 0.29) is 52.5 Å². The van der Waals surface area contributed by atoms with Crippen molar-refractivity contribution in [1.82, 2.24) is 20.2 Å². The predicted molar refractivity (Wildman–Crippen MR) is 171 cm³/mol. The molecule has 3 aromatic carbocycles. The summed E-state index contributed by atoms with van der Waals surface area (Å²) in [7, 11) is 0. The van der Waals surface area contributed by atoms with Crippen LogP contribution in [0.2, 0.25) is 0 Å². The van der Waals surface area contributed by atoms with Gasteiger partial charge in [-0.15, -0.1) is 6.42 Å². The molecule has 236 valence electrons. The Morgan fingerprint density at radius 3 is 2.70 bits per heavy atom. The third-order valence-corrected chi connectivity index (χ3v) is 10.0. The van der Waals surface area contributed by atoms with E-state index in [1.54, 1.807) is 18.2 Å². The van der Waals surface area contributed by atoms with Crippen LogP contribution in [0.25, 0.3) is 32.8 Å². The largest absolute Gasteiger partial charge is 0.461 e. The van der Waals surface area contributed by atoms with Crippen LogP contribution in [0.3, 0.4) is 0 Å². The normalized spacial score (nSPS) is 25.5. The Kier molecular flexibility index (Phi) is 6.86. The fourth-order valence-corrected chi connectivity index (χ4v) is 8.02. The molecule has 4 aliphatic rings. The summed E-state index contributed by atoms with van der Waals surface area (Å²) < 4.78 is 52.9. The van der Waals surface area contributed by atoms with Crippen LogP contribution in [0, 0.1) is 24.0 Å². The van der Waals surface area contributed by atoms with Gasteiger partial charge in [0.05, 0.1) is 17.7 Å². The molecule has 2 unspecified atom stereocenters. The molecule has 46 heavy (non-hydrogen) atoms. The van der Waals surface area contributed by atoms with Crippen LogP contribution in [0.1, 0.15) is 30.4 Å². The molecule has 5 heterocycles. The zero-order valence-electron chi connectivity index (χ0n) is 25.1. The number of nitrogens with zero attached hydrogens (tertiary/aromatic N) is 4. The van der Waals surface area contributed by atoms with Gasteiger partial charge in [-0.05, 0) is 60.2 Å². The minimum absolute atomic E-state index is 0.0146. The Morgan fingerprint density at radius 1 is 1.13 bits per heavy atom. The number of nitrogens with one attached hydrogen (secondary N) is 1. The SMILES string of the molecule is C#Cc1c(F)ccc2cc(N)cc(-c3c(CO)cc4c(N5CC6C=CC(C5)N6)nc(OC[C@@]56CCCN5C[C@H](F)C6)nc4c3F)c12. The molecule has 0 radical (unpaired) electrons. The van der Waals surface area contributed by atoms with E-state index in [1.807, 2.05) is 0 Å². The number of benzene rings is 3. The lowest BCUT2D eigenvalue weighted by atomic mass is 9.90. The molecular formula is C35H33F3N6O2. The van der Waals surface area contributed by atoms with Crippen molar-refractivity contribution in [3.8, 4) is 29.5 Å². The number of halogens is 3. The number of aliphatic hydroxyl groups is 1. The number of hydrogen-bond acceptors (Lipinski definition) is 8. The zero-order valence-corrected chi connectivity index (χ0v) is 25.1. The van der Waals surface area contributed by atoms with Crippen molar-refractivity contribution < 1.29 is 23.0 Å². The number of alkyl halides is 1. The average molecular weight is 627 g/mol. The van der Waals surface area contributed by atoms with Gasteiger partial charge in [0.25, 0.3) is 0 Å². The summed E-state index contributed by atoms with van der Waals surface area (Å²) in [4.78, 5) is 13.6. The molecule has 4 aliphatic heterocycles. The highest BCUT2D eigenvalue weighted by molar-refractivity contribution is 6.05. The second kappa shape index (κ2) is 10.9. The molecule has 1 aromatic heterocycles. The van der Waals surface area contributed by atoms with E-state index in [0.717, 1.165) is 19.4 Å². The first kappa shape index (κ1) is 29.1. The van der Waals surface area contributed by atoms with Crippen LogP contribution in [0.15, 0.2) is 42.5 Å². The molecule has 4 N–H and O–H groups in total. The number of anilines is 2. The van der Waals surface area contributed by atoms with Crippen LogP contribution >= 0.6 is 0 Å². The number of nitrogens with two attached hydrogens (primary N) is 1.